The number of nitrogens with zero attached hydrogens (tertiary/aromatic N) is 1. The number of nitrogens with two attached hydrogens (primary N) is 1. The Morgan fingerprint density at radius 2 is 1.92 bits per heavy atom. The van der Waals surface area contributed by atoms with Gasteiger partial charge >= 0.3 is 0 Å². The third-order valence-corrected chi connectivity index (χ3v) is 7.37. The van der Waals surface area contributed by atoms with Gasteiger partial charge in [-0.3, -0.25) is 9.59 Å². The van der Waals surface area contributed by atoms with E-state index in [9.17, 15) is 18.0 Å². The molecule has 3 N–H and O–H groups in total. The van der Waals surface area contributed by atoms with Crippen LogP contribution in [0.2, 0.25) is 0 Å². The van der Waals surface area contributed by atoms with E-state index in [2.05, 4.69) is 10.3 Å². The zero-order valence-corrected chi connectivity index (χ0v) is 16.4. The molecule has 138 valence electrons. The van der Waals surface area contributed by atoms with E-state index < -0.39 is 21.3 Å². The van der Waals surface area contributed by atoms with Crippen LogP contribution in [0.15, 0.2) is 5.03 Å². The molecule has 1 fully saturated rings. The average Bonchev–Trinajstić information content (AvgIpc) is 2.75. The molecule has 1 saturated heterocycles. The Hall–Kier alpha value is -1.61. The lowest BCUT2D eigenvalue weighted by atomic mass is 10.0. The molecule has 1 unspecified atom stereocenters. The first-order valence-electron chi connectivity index (χ1n) is 7.86. The van der Waals surface area contributed by atoms with Gasteiger partial charge in [0.15, 0.2) is 9.84 Å². The number of pyridine rings is 1. The van der Waals surface area contributed by atoms with Gasteiger partial charge in [0.05, 0.1) is 28.4 Å². The molecule has 7 nitrogen and oxygen atoms in total. The number of aryl methyl sites for hydroxylation is 1. The average molecular weight is 386 g/mol. The molecule has 25 heavy (non-hydrogen) atoms. The van der Waals surface area contributed by atoms with Crippen LogP contribution in [0.4, 0.5) is 0 Å². The van der Waals surface area contributed by atoms with E-state index in [4.69, 9.17) is 5.73 Å². The molecule has 0 radical (unpaired) electrons. The number of carbonyl (C=O) groups excluding carboxylic acids is 2. The van der Waals surface area contributed by atoms with Gasteiger partial charge in [-0.2, -0.15) is 0 Å². The van der Waals surface area contributed by atoms with Crippen molar-refractivity contribution < 1.29 is 18.0 Å². The van der Waals surface area contributed by atoms with Crippen molar-refractivity contribution in [3.63, 3.8) is 0 Å². The zero-order valence-electron chi connectivity index (χ0n) is 14.8. The van der Waals surface area contributed by atoms with Crippen molar-refractivity contribution in [2.24, 2.45) is 5.73 Å². The van der Waals surface area contributed by atoms with E-state index in [1.807, 2.05) is 13.8 Å². The Morgan fingerprint density at radius 1 is 1.28 bits per heavy atom. The minimum Gasteiger partial charge on any atom is -0.366 e. The van der Waals surface area contributed by atoms with Crippen LogP contribution in [0, 0.1) is 20.8 Å². The van der Waals surface area contributed by atoms with Crippen LogP contribution in [0.25, 0.3) is 0 Å². The lowest BCUT2D eigenvalue weighted by Gasteiger charge is -2.23. The zero-order chi connectivity index (χ0) is 19.0. The number of hydrogen-bond acceptors (Lipinski definition) is 6. The summed E-state index contributed by atoms with van der Waals surface area (Å²) in [7, 11) is -3.10. The number of nitrogens with one attached hydrogen (secondary N) is 1. The maximum Gasteiger partial charge on any atom is 0.251 e. The Labute approximate surface area is 152 Å². The molecular formula is C16H23N3O4S2. The second-order valence-corrected chi connectivity index (χ2v) is 9.88. The summed E-state index contributed by atoms with van der Waals surface area (Å²) in [5.74, 6) is -0.808. The first kappa shape index (κ1) is 19.7. The molecule has 2 heterocycles. The highest BCUT2D eigenvalue weighted by molar-refractivity contribution is 8.00. The predicted molar refractivity (Wildman–Crippen MR) is 97.5 cm³/mol. The number of rotatable bonds is 5. The van der Waals surface area contributed by atoms with Gasteiger partial charge in [-0.1, -0.05) is 11.8 Å². The summed E-state index contributed by atoms with van der Waals surface area (Å²) in [6.45, 7) is 7.24. The molecule has 1 aliphatic rings. The minimum atomic E-state index is -3.10. The third-order valence-electron chi connectivity index (χ3n) is 4.49. The van der Waals surface area contributed by atoms with Crippen molar-refractivity contribution in [3.8, 4) is 0 Å². The molecule has 9 heteroatoms. The van der Waals surface area contributed by atoms with Gasteiger partial charge in [-0.25, -0.2) is 13.4 Å². The van der Waals surface area contributed by atoms with Crippen LogP contribution in [0.3, 0.4) is 0 Å². The third kappa shape index (κ3) is 4.52. The second kappa shape index (κ2) is 6.95. The van der Waals surface area contributed by atoms with Gasteiger partial charge in [0, 0.05) is 5.69 Å². The normalized spacial score (nSPS) is 21.9. The van der Waals surface area contributed by atoms with Gasteiger partial charge < -0.3 is 11.1 Å². The lowest BCUT2D eigenvalue weighted by molar-refractivity contribution is -0.120. The van der Waals surface area contributed by atoms with E-state index in [1.165, 1.54) is 0 Å². The van der Waals surface area contributed by atoms with Crippen molar-refractivity contribution in [2.75, 3.05) is 17.3 Å². The molecular weight excluding hydrogens is 362 g/mol. The topological polar surface area (TPSA) is 119 Å². The number of aromatic nitrogens is 1. The number of hydrogen-bond donors (Lipinski definition) is 2. The molecule has 0 aromatic carbocycles. The van der Waals surface area contributed by atoms with Crippen molar-refractivity contribution in [1.29, 1.82) is 0 Å². The van der Waals surface area contributed by atoms with Gasteiger partial charge in [0.25, 0.3) is 5.91 Å². The summed E-state index contributed by atoms with van der Waals surface area (Å²) in [5.41, 5.74) is 7.49. The molecule has 2 rings (SSSR count). The van der Waals surface area contributed by atoms with E-state index >= 15 is 0 Å². The molecule has 0 bridgehead atoms. The quantitative estimate of drug-likeness (QED) is 0.727. The molecule has 1 aliphatic heterocycles. The van der Waals surface area contributed by atoms with Gasteiger partial charge in [-0.15, -0.1) is 0 Å². The molecule has 1 aromatic heterocycles. The second-order valence-electron chi connectivity index (χ2n) is 6.73. The summed E-state index contributed by atoms with van der Waals surface area (Å²) in [5, 5.41) is 3.21. The summed E-state index contributed by atoms with van der Waals surface area (Å²) in [4.78, 5) is 28.4. The smallest absolute Gasteiger partial charge is 0.251 e. The molecule has 1 aromatic rings. The molecule has 1 atom stereocenters. The Bertz CT molecular complexity index is 836. The van der Waals surface area contributed by atoms with Crippen LogP contribution in [0.5, 0.6) is 0 Å². The van der Waals surface area contributed by atoms with Crippen LogP contribution in [0.1, 0.15) is 40.5 Å². The van der Waals surface area contributed by atoms with Crippen molar-refractivity contribution in [3.05, 3.63) is 22.4 Å². The standard InChI is InChI=1S/C16H23N3O4S2/c1-9-10(2)13(14(17)21)15(18-11(9)3)24-7-12(20)19-16(4)5-6-25(22,23)8-16/h5-8H2,1-4H3,(H2,17,21)(H,19,20). The van der Waals surface area contributed by atoms with Crippen LogP contribution < -0.4 is 11.1 Å². The lowest BCUT2D eigenvalue weighted by Crippen LogP contribution is -2.47. The molecule has 0 saturated carbocycles. The highest BCUT2D eigenvalue weighted by Crippen LogP contribution is 2.27. The monoisotopic (exact) mass is 385 g/mol. The SMILES string of the molecule is Cc1nc(SCC(=O)NC2(C)CCS(=O)(=O)C2)c(C(N)=O)c(C)c1C. The van der Waals surface area contributed by atoms with Crippen LogP contribution in [-0.4, -0.2) is 48.0 Å². The number of carbonyl (C=O) groups is 2. The molecule has 0 aliphatic carbocycles. The fraction of sp³-hybridized carbons (Fsp3) is 0.562. The van der Waals surface area contributed by atoms with Gasteiger partial charge in [0.2, 0.25) is 5.91 Å². The predicted octanol–water partition coefficient (Wildman–Crippen LogP) is 0.891. The Morgan fingerprint density at radius 3 is 2.44 bits per heavy atom. The highest BCUT2D eigenvalue weighted by atomic mass is 32.2. The van der Waals surface area contributed by atoms with Crippen molar-refractivity contribution in [2.45, 2.75) is 44.7 Å². The van der Waals surface area contributed by atoms with E-state index in [-0.39, 0.29) is 23.2 Å². The van der Waals surface area contributed by atoms with Crippen LogP contribution >= 0.6 is 11.8 Å². The van der Waals surface area contributed by atoms with E-state index in [1.54, 1.807) is 13.8 Å². The maximum absolute atomic E-state index is 12.2. The van der Waals surface area contributed by atoms with Crippen molar-refractivity contribution >= 4 is 33.4 Å². The Kier molecular flexibility index (Phi) is 5.48. The summed E-state index contributed by atoms with van der Waals surface area (Å²) in [6.07, 6.45) is 0.402. The summed E-state index contributed by atoms with van der Waals surface area (Å²) < 4.78 is 23.2. The fourth-order valence-corrected chi connectivity index (χ4v) is 5.95. The van der Waals surface area contributed by atoms with Gasteiger partial charge in [0.1, 0.15) is 5.03 Å². The number of amides is 2. The largest absolute Gasteiger partial charge is 0.366 e. The fourth-order valence-electron chi connectivity index (χ4n) is 2.92. The first-order valence-corrected chi connectivity index (χ1v) is 10.7. The van der Waals surface area contributed by atoms with E-state index in [0.29, 0.717) is 17.0 Å². The van der Waals surface area contributed by atoms with E-state index in [0.717, 1.165) is 28.6 Å². The van der Waals surface area contributed by atoms with Crippen LogP contribution in [-0.2, 0) is 14.6 Å². The number of sulfone groups is 1. The highest BCUT2D eigenvalue weighted by Gasteiger charge is 2.39. The number of thioether (sulfide) groups is 1. The van der Waals surface area contributed by atoms with Gasteiger partial charge in [-0.05, 0) is 45.2 Å². The Balaban J connectivity index is 2.11. The number of primary amides is 1. The summed E-state index contributed by atoms with van der Waals surface area (Å²) >= 11 is 1.13. The maximum atomic E-state index is 12.2. The van der Waals surface area contributed by atoms with Crippen molar-refractivity contribution in [1.82, 2.24) is 10.3 Å². The first-order chi connectivity index (χ1) is 11.4. The summed E-state index contributed by atoms with van der Waals surface area (Å²) in [6, 6.07) is 0. The molecule has 2 amide bonds. The minimum absolute atomic E-state index is 0.0326. The molecule has 0 spiro atoms.